The van der Waals surface area contributed by atoms with Crippen LogP contribution in [0.15, 0.2) is 19.0 Å². The van der Waals surface area contributed by atoms with Gasteiger partial charge in [0.25, 0.3) is 5.91 Å². The largest absolute Gasteiger partial charge is 0.388 e. The maximum Gasteiger partial charge on any atom is 0.252 e. The maximum absolute atomic E-state index is 12.4. The monoisotopic (exact) mass is 939 g/mol. The zero-order valence-electron chi connectivity index (χ0n) is 35.5. The van der Waals surface area contributed by atoms with Crippen LogP contribution >= 0.6 is 23.2 Å². The zero-order valence-corrected chi connectivity index (χ0v) is 37.0. The Balaban J connectivity index is 0.756. The number of hydrogen-bond donors (Lipinski definition) is 9. The standard InChI is InChI=1S/C39H51Cl2N17O7/c1-3-42-32(62)22-13-21(59)34(64-22)57-15-46-23-28(52-36(40)54-30(23)57)48-17-5-9-19(10-6-17)50-38-44-14-45-39(56-38)51-20-11-7-18(8-12-20)49-29-24-31(55-37(41)53-29)58(16-47-24)35-26(61)25(60)27(65-35)33(63)43-4-2/h14-22,25-27,34-35,59-61H,3-13H2,1-2H3,(H,42,62)(H,43,63)(H,48,52,54)(H,49,53,55)(H2,44,45,50,51,56)/t17?,18?,19?,20?,21-,22+,25+,26-,27+,34-,35-/m1/s1. The number of amides is 2. The smallest absolute Gasteiger partial charge is 0.252 e. The van der Waals surface area contributed by atoms with E-state index in [-0.39, 0.29) is 52.7 Å². The molecule has 2 saturated carbocycles. The predicted octanol–water partition coefficient (Wildman–Crippen LogP) is 1.67. The zero-order chi connectivity index (χ0) is 45.4. The van der Waals surface area contributed by atoms with Crippen molar-refractivity contribution in [2.75, 3.05) is 34.4 Å². The van der Waals surface area contributed by atoms with Crippen molar-refractivity contribution >= 4 is 80.9 Å². The van der Waals surface area contributed by atoms with E-state index in [0.717, 1.165) is 51.4 Å². The molecule has 5 aromatic heterocycles. The fourth-order valence-electron chi connectivity index (χ4n) is 9.04. The minimum absolute atomic E-state index is 0.0173. The van der Waals surface area contributed by atoms with Crippen molar-refractivity contribution in [3.63, 3.8) is 0 Å². The second-order valence-electron chi connectivity index (χ2n) is 16.7. The molecule has 9 rings (SSSR count). The molecule has 65 heavy (non-hydrogen) atoms. The van der Waals surface area contributed by atoms with Crippen LogP contribution in [0.1, 0.15) is 84.1 Å². The molecule has 0 spiro atoms. The van der Waals surface area contributed by atoms with Crippen LogP contribution in [0, 0.1) is 0 Å². The van der Waals surface area contributed by atoms with Gasteiger partial charge in [0, 0.05) is 43.7 Å². The van der Waals surface area contributed by atoms with Crippen LogP contribution in [0.4, 0.5) is 23.5 Å². The Bertz CT molecular complexity index is 2500. The fourth-order valence-corrected chi connectivity index (χ4v) is 9.37. The minimum atomic E-state index is -1.45. The Morgan fingerprint density at radius 3 is 1.62 bits per heavy atom. The number of carbonyl (C=O) groups excluding carboxylic acids is 2. The normalized spacial score (nSPS) is 29.2. The van der Waals surface area contributed by atoms with Crippen LogP contribution in [0.5, 0.6) is 0 Å². The summed E-state index contributed by atoms with van der Waals surface area (Å²) >= 11 is 12.7. The second-order valence-corrected chi connectivity index (χ2v) is 17.3. The number of aliphatic hydroxyl groups excluding tert-OH is 3. The van der Waals surface area contributed by atoms with Gasteiger partial charge in [-0.15, -0.1) is 0 Å². The number of anilines is 4. The number of hydrogen-bond acceptors (Lipinski definition) is 20. The first kappa shape index (κ1) is 44.8. The van der Waals surface area contributed by atoms with E-state index in [4.69, 9.17) is 32.7 Å². The van der Waals surface area contributed by atoms with Crippen molar-refractivity contribution in [1.29, 1.82) is 0 Å². The van der Waals surface area contributed by atoms with Crippen molar-refractivity contribution in [2.45, 2.75) is 139 Å². The lowest BCUT2D eigenvalue weighted by Gasteiger charge is -2.30. The number of nitrogens with one attached hydrogen (secondary N) is 6. The molecule has 2 aliphatic carbocycles. The van der Waals surface area contributed by atoms with Gasteiger partial charge in [0.15, 0.2) is 52.5 Å². The highest BCUT2D eigenvalue weighted by Gasteiger charge is 2.48. The van der Waals surface area contributed by atoms with E-state index >= 15 is 0 Å². The number of likely N-dealkylation sites (N-methyl/N-ethyl adjacent to an activating group) is 2. The number of aliphatic hydroxyl groups is 3. The van der Waals surface area contributed by atoms with Crippen LogP contribution in [0.25, 0.3) is 22.3 Å². The molecule has 2 saturated heterocycles. The molecule has 9 N–H and O–H groups in total. The molecule has 348 valence electrons. The predicted molar refractivity (Wildman–Crippen MR) is 235 cm³/mol. The molecule has 2 amide bonds. The number of rotatable bonds is 14. The highest BCUT2D eigenvalue weighted by Crippen LogP contribution is 2.36. The van der Waals surface area contributed by atoms with Gasteiger partial charge >= 0.3 is 0 Å². The number of fused-ring (bicyclic) bond motifs is 2. The average molecular weight is 941 g/mol. The SMILES string of the molecule is CCNC(=O)[C@@H]1C[C@@H](O)[C@H](n2cnc3c(NC4CCC(Nc5ncnc(NC6CCC(Nc7nc(Cl)nc8c7ncn8[C@@H]7O[C@H](C(=O)NCC)[C@@H](O)[C@H]7O)CC6)n5)CC4)nc(Cl)nc32)O1. The third-order valence-corrected chi connectivity index (χ3v) is 12.6. The van der Waals surface area contributed by atoms with E-state index < -0.39 is 48.9 Å². The lowest BCUT2D eigenvalue weighted by Crippen LogP contribution is -2.42. The van der Waals surface area contributed by atoms with Crippen molar-refractivity contribution in [2.24, 2.45) is 0 Å². The quantitative estimate of drug-likeness (QED) is 0.0715. The Morgan fingerprint density at radius 1 is 0.631 bits per heavy atom. The molecule has 24 nitrogen and oxygen atoms in total. The summed E-state index contributed by atoms with van der Waals surface area (Å²) in [6, 6.07) is 0.393. The van der Waals surface area contributed by atoms with Crippen molar-refractivity contribution in [1.82, 2.24) is 64.6 Å². The van der Waals surface area contributed by atoms with Gasteiger partial charge < -0.3 is 56.7 Å². The highest BCUT2D eigenvalue weighted by atomic mass is 35.5. The molecule has 0 unspecified atom stereocenters. The van der Waals surface area contributed by atoms with E-state index in [1.54, 1.807) is 11.5 Å². The van der Waals surface area contributed by atoms with Crippen LogP contribution in [-0.2, 0) is 19.1 Å². The molecule has 0 aromatic carbocycles. The summed E-state index contributed by atoms with van der Waals surface area (Å²) in [6.45, 7) is 4.37. The summed E-state index contributed by atoms with van der Waals surface area (Å²) in [5, 5.41) is 51.3. The van der Waals surface area contributed by atoms with E-state index in [9.17, 15) is 24.9 Å². The Morgan fingerprint density at radius 2 is 1.11 bits per heavy atom. The van der Waals surface area contributed by atoms with Crippen molar-refractivity contribution < 1.29 is 34.4 Å². The summed E-state index contributed by atoms with van der Waals surface area (Å²) in [6.07, 6.45) is 3.31. The lowest BCUT2D eigenvalue weighted by molar-refractivity contribution is -0.137. The first-order valence-corrected chi connectivity index (χ1v) is 22.7. The van der Waals surface area contributed by atoms with Gasteiger partial charge in [-0.3, -0.25) is 18.7 Å². The first-order valence-electron chi connectivity index (χ1n) is 21.9. The van der Waals surface area contributed by atoms with Gasteiger partial charge in [-0.2, -0.15) is 24.9 Å². The highest BCUT2D eigenvalue weighted by molar-refractivity contribution is 6.29. The van der Waals surface area contributed by atoms with Crippen LogP contribution in [0.3, 0.4) is 0 Å². The number of aromatic nitrogens is 11. The second kappa shape index (κ2) is 19.2. The van der Waals surface area contributed by atoms with Gasteiger partial charge in [-0.1, -0.05) is 0 Å². The Hall–Kier alpha value is -5.37. The Kier molecular flexibility index (Phi) is 13.3. The molecule has 4 fully saturated rings. The topological polar surface area (TPSA) is 311 Å². The van der Waals surface area contributed by atoms with E-state index in [1.807, 2.05) is 6.92 Å². The minimum Gasteiger partial charge on any atom is -0.388 e. The maximum atomic E-state index is 12.4. The third-order valence-electron chi connectivity index (χ3n) is 12.3. The molecule has 7 heterocycles. The van der Waals surface area contributed by atoms with E-state index in [1.165, 1.54) is 23.5 Å². The lowest BCUT2D eigenvalue weighted by atomic mass is 9.91. The molecular weight excluding hydrogens is 889 g/mol. The summed E-state index contributed by atoms with van der Waals surface area (Å²) in [5.74, 6) is 1.07. The third kappa shape index (κ3) is 9.51. The average Bonchev–Trinajstić information content (AvgIpc) is 4.07. The van der Waals surface area contributed by atoms with Crippen LogP contribution in [0.2, 0.25) is 10.6 Å². The number of imidazole rings is 2. The number of carbonyl (C=O) groups is 2. The molecular formula is C39H51Cl2N17O7. The molecule has 2 aliphatic heterocycles. The van der Waals surface area contributed by atoms with Gasteiger partial charge in [0.05, 0.1) is 12.7 Å². The first-order chi connectivity index (χ1) is 31.5. The summed E-state index contributed by atoms with van der Waals surface area (Å²) < 4.78 is 14.7. The molecule has 5 aromatic rings. The molecule has 4 aliphatic rings. The van der Waals surface area contributed by atoms with Gasteiger partial charge in [0.1, 0.15) is 30.7 Å². The van der Waals surface area contributed by atoms with Gasteiger partial charge in [-0.25, -0.2) is 19.9 Å². The van der Waals surface area contributed by atoms with Crippen molar-refractivity contribution in [3.8, 4) is 0 Å². The van der Waals surface area contributed by atoms with Gasteiger partial charge in [-0.05, 0) is 88.4 Å². The molecule has 26 heteroatoms. The van der Waals surface area contributed by atoms with Crippen molar-refractivity contribution in [3.05, 3.63) is 29.5 Å². The van der Waals surface area contributed by atoms with Crippen LogP contribution < -0.4 is 31.9 Å². The Labute approximate surface area is 381 Å². The molecule has 7 atom stereocenters. The molecule has 0 radical (unpaired) electrons. The molecule has 0 bridgehead atoms. The summed E-state index contributed by atoms with van der Waals surface area (Å²) in [7, 11) is 0. The van der Waals surface area contributed by atoms with E-state index in [0.29, 0.717) is 53.3 Å². The van der Waals surface area contributed by atoms with Gasteiger partial charge in [0.2, 0.25) is 28.4 Å². The fraction of sp³-hybridized carbons (Fsp3) is 0.615. The number of ether oxygens (including phenoxy) is 2. The summed E-state index contributed by atoms with van der Waals surface area (Å²) in [4.78, 5) is 64.9. The van der Waals surface area contributed by atoms with Crippen LogP contribution in [-0.4, -0.2) is 149 Å². The number of halogens is 2. The van der Waals surface area contributed by atoms with E-state index in [2.05, 4.69) is 76.8 Å². The number of nitrogens with zero attached hydrogens (tertiary/aromatic N) is 11. The summed E-state index contributed by atoms with van der Waals surface area (Å²) in [5.41, 5.74) is 1.56.